The summed E-state index contributed by atoms with van der Waals surface area (Å²) in [6, 6.07) is 7.64. The van der Waals surface area contributed by atoms with E-state index in [2.05, 4.69) is 4.98 Å². The molecule has 0 unspecified atom stereocenters. The third kappa shape index (κ3) is 1.59. The lowest BCUT2D eigenvalue weighted by Crippen LogP contribution is -1.88. The van der Waals surface area contributed by atoms with Gasteiger partial charge in [0.2, 0.25) is 5.89 Å². The fraction of sp³-hybridized carbons (Fsp3) is 0.111. The van der Waals surface area contributed by atoms with Crippen molar-refractivity contribution in [3.63, 3.8) is 0 Å². The van der Waals surface area contributed by atoms with Crippen LogP contribution in [0.1, 0.15) is 5.89 Å². The smallest absolute Gasteiger partial charge is 0.244 e. The molecule has 0 bridgehead atoms. The molecule has 0 N–H and O–H groups in total. The molecule has 13 heavy (non-hydrogen) atoms. The number of fused-ring (bicyclic) bond motifs is 1. The lowest BCUT2D eigenvalue weighted by atomic mass is 10.3. The van der Waals surface area contributed by atoms with E-state index in [0.717, 1.165) is 11.1 Å². The molecule has 1 aromatic carbocycles. The number of thioether (sulfide) groups is 1. The number of aromatic nitrogens is 1. The van der Waals surface area contributed by atoms with Gasteiger partial charge in [0.15, 0.2) is 5.58 Å². The van der Waals surface area contributed by atoms with Crippen LogP contribution in [0.3, 0.4) is 0 Å². The maximum atomic E-state index is 5.45. The fourth-order valence-electron chi connectivity index (χ4n) is 1.05. The van der Waals surface area contributed by atoms with Gasteiger partial charge in [0.1, 0.15) is 9.71 Å². The summed E-state index contributed by atoms with van der Waals surface area (Å²) in [5.74, 6) is 0.545. The van der Waals surface area contributed by atoms with Crippen LogP contribution in [0.5, 0.6) is 0 Å². The van der Waals surface area contributed by atoms with Gasteiger partial charge in [-0.2, -0.15) is 0 Å². The maximum absolute atomic E-state index is 5.45. The summed E-state index contributed by atoms with van der Waals surface area (Å²) >= 11 is 6.54. The maximum Gasteiger partial charge on any atom is 0.244 e. The SMILES string of the molecule is CSC(=S)c1nc2ccccc2o1. The second-order valence-electron chi connectivity index (χ2n) is 2.48. The van der Waals surface area contributed by atoms with E-state index < -0.39 is 0 Å². The van der Waals surface area contributed by atoms with E-state index >= 15 is 0 Å². The van der Waals surface area contributed by atoms with Crippen LogP contribution in [-0.4, -0.2) is 15.4 Å². The second kappa shape index (κ2) is 3.47. The van der Waals surface area contributed by atoms with Gasteiger partial charge in [0.25, 0.3) is 0 Å². The Kier molecular flexibility index (Phi) is 2.33. The molecule has 0 amide bonds. The topological polar surface area (TPSA) is 26.0 Å². The van der Waals surface area contributed by atoms with Crippen molar-refractivity contribution < 1.29 is 4.42 Å². The average Bonchev–Trinajstić information content (AvgIpc) is 2.59. The summed E-state index contributed by atoms with van der Waals surface area (Å²) in [6.45, 7) is 0. The highest BCUT2D eigenvalue weighted by Crippen LogP contribution is 2.18. The highest BCUT2D eigenvalue weighted by atomic mass is 32.2. The number of oxazole rings is 1. The van der Waals surface area contributed by atoms with Gasteiger partial charge in [0, 0.05) is 0 Å². The predicted octanol–water partition coefficient (Wildman–Crippen LogP) is 2.87. The lowest BCUT2D eigenvalue weighted by Gasteiger charge is -1.88. The van der Waals surface area contributed by atoms with Gasteiger partial charge in [-0.05, 0) is 18.4 Å². The highest BCUT2D eigenvalue weighted by Gasteiger charge is 2.08. The first-order valence-electron chi connectivity index (χ1n) is 3.75. The molecule has 66 valence electrons. The molecule has 0 aliphatic rings. The van der Waals surface area contributed by atoms with Crippen molar-refractivity contribution >= 4 is 39.3 Å². The second-order valence-corrected chi connectivity index (χ2v) is 3.96. The van der Waals surface area contributed by atoms with Crippen LogP contribution in [0, 0.1) is 0 Å². The van der Waals surface area contributed by atoms with Crippen LogP contribution in [-0.2, 0) is 0 Å². The number of hydrogen-bond donors (Lipinski definition) is 0. The molecule has 0 saturated carbocycles. The first-order chi connectivity index (χ1) is 6.31. The fourth-order valence-corrected chi connectivity index (χ4v) is 1.40. The summed E-state index contributed by atoms with van der Waals surface area (Å²) < 4.78 is 6.14. The minimum atomic E-state index is 0.545. The molecule has 0 atom stereocenters. The van der Waals surface area contributed by atoms with Crippen LogP contribution in [0.4, 0.5) is 0 Å². The number of thiocarbonyl (C=S) groups is 1. The third-order valence-corrected chi connectivity index (χ3v) is 2.87. The summed E-state index contributed by atoms with van der Waals surface area (Å²) in [7, 11) is 0. The summed E-state index contributed by atoms with van der Waals surface area (Å²) in [4.78, 5) is 4.25. The standard InChI is InChI=1S/C9H7NOS2/c1-13-9(12)8-10-6-4-2-3-5-7(6)11-8/h2-5H,1H3. The number of hydrogen-bond acceptors (Lipinski definition) is 4. The molecule has 2 rings (SSSR count). The van der Waals surface area contributed by atoms with Crippen molar-refractivity contribution in [3.05, 3.63) is 30.2 Å². The van der Waals surface area contributed by atoms with Crippen LogP contribution in [0.15, 0.2) is 28.7 Å². The van der Waals surface area contributed by atoms with E-state index in [9.17, 15) is 0 Å². The van der Waals surface area contributed by atoms with Crippen molar-refractivity contribution in [2.75, 3.05) is 6.26 Å². The largest absolute Gasteiger partial charge is 0.435 e. The van der Waals surface area contributed by atoms with Gasteiger partial charge >= 0.3 is 0 Å². The number of para-hydroxylation sites is 2. The quantitative estimate of drug-likeness (QED) is 0.674. The van der Waals surface area contributed by atoms with E-state index in [0.29, 0.717) is 10.1 Å². The van der Waals surface area contributed by atoms with Crippen molar-refractivity contribution in [1.82, 2.24) is 4.98 Å². The minimum absolute atomic E-state index is 0.545. The van der Waals surface area contributed by atoms with Crippen LogP contribution < -0.4 is 0 Å². The Morgan fingerprint density at radius 1 is 1.46 bits per heavy atom. The first kappa shape index (κ1) is 8.72. The number of nitrogens with zero attached hydrogens (tertiary/aromatic N) is 1. The van der Waals surface area contributed by atoms with Crippen molar-refractivity contribution in [2.45, 2.75) is 0 Å². The molecular formula is C9H7NOS2. The summed E-state index contributed by atoms with van der Waals surface area (Å²) in [5, 5.41) is 0. The molecule has 0 aliphatic carbocycles. The van der Waals surface area contributed by atoms with Gasteiger partial charge in [0.05, 0.1) is 0 Å². The van der Waals surface area contributed by atoms with Crippen molar-refractivity contribution in [1.29, 1.82) is 0 Å². The third-order valence-electron chi connectivity index (χ3n) is 1.65. The molecule has 0 spiro atoms. The molecule has 0 radical (unpaired) electrons. The van der Waals surface area contributed by atoms with E-state index in [4.69, 9.17) is 16.6 Å². The van der Waals surface area contributed by atoms with E-state index in [1.807, 2.05) is 30.5 Å². The van der Waals surface area contributed by atoms with Crippen molar-refractivity contribution in [2.24, 2.45) is 0 Å². The highest BCUT2D eigenvalue weighted by molar-refractivity contribution is 8.23. The molecule has 2 aromatic rings. The number of rotatable bonds is 1. The summed E-state index contributed by atoms with van der Waals surface area (Å²) in [6.07, 6.45) is 1.91. The van der Waals surface area contributed by atoms with Crippen molar-refractivity contribution in [3.8, 4) is 0 Å². The van der Waals surface area contributed by atoms with E-state index in [1.54, 1.807) is 0 Å². The van der Waals surface area contributed by atoms with Crippen LogP contribution >= 0.6 is 24.0 Å². The Labute approximate surface area is 85.3 Å². The van der Waals surface area contributed by atoms with E-state index in [-0.39, 0.29) is 0 Å². The summed E-state index contributed by atoms with van der Waals surface area (Å²) in [5.41, 5.74) is 1.64. The minimum Gasteiger partial charge on any atom is -0.435 e. The van der Waals surface area contributed by atoms with Crippen LogP contribution in [0.25, 0.3) is 11.1 Å². The Morgan fingerprint density at radius 3 is 2.92 bits per heavy atom. The Balaban J connectivity index is 2.56. The van der Waals surface area contributed by atoms with Gasteiger partial charge in [-0.3, -0.25) is 0 Å². The number of benzene rings is 1. The van der Waals surface area contributed by atoms with Gasteiger partial charge in [-0.15, -0.1) is 11.8 Å². The Morgan fingerprint density at radius 2 is 2.23 bits per heavy atom. The van der Waals surface area contributed by atoms with E-state index in [1.165, 1.54) is 11.8 Å². The molecule has 0 fully saturated rings. The zero-order valence-electron chi connectivity index (χ0n) is 6.98. The van der Waals surface area contributed by atoms with Gasteiger partial charge in [-0.25, -0.2) is 4.98 Å². The average molecular weight is 209 g/mol. The predicted molar refractivity (Wildman–Crippen MR) is 59.2 cm³/mol. The van der Waals surface area contributed by atoms with Crippen LogP contribution in [0.2, 0.25) is 0 Å². The lowest BCUT2D eigenvalue weighted by molar-refractivity contribution is 0.594. The Bertz CT molecular complexity index is 417. The van der Waals surface area contributed by atoms with Gasteiger partial charge < -0.3 is 4.42 Å². The molecule has 1 heterocycles. The molecule has 1 aromatic heterocycles. The molecule has 0 saturated heterocycles. The Hall–Kier alpha value is -0.870. The monoisotopic (exact) mass is 209 g/mol. The zero-order valence-corrected chi connectivity index (χ0v) is 8.61. The normalized spacial score (nSPS) is 10.5. The zero-order chi connectivity index (χ0) is 9.26. The molecular weight excluding hydrogens is 202 g/mol. The van der Waals surface area contributed by atoms with Gasteiger partial charge in [-0.1, -0.05) is 24.4 Å². The first-order valence-corrected chi connectivity index (χ1v) is 5.38. The molecule has 4 heteroatoms. The molecule has 2 nitrogen and oxygen atoms in total. The molecule has 0 aliphatic heterocycles.